The predicted molar refractivity (Wildman–Crippen MR) is 87.4 cm³/mol. The van der Waals surface area contributed by atoms with Crippen molar-refractivity contribution in [1.82, 2.24) is 4.98 Å². The number of H-pyrrole nitrogens is 1. The standard InChI is InChI=1S/C15H10Br2N2/c16-11-5-6-15(13(17)7-11)19-9-10-8-18-14-4-2-1-3-12(10)14/h1-9,18H/b19-9+. The summed E-state index contributed by atoms with van der Waals surface area (Å²) in [6.07, 6.45) is 3.85. The van der Waals surface area contributed by atoms with Crippen LogP contribution >= 0.6 is 31.9 Å². The maximum atomic E-state index is 4.53. The summed E-state index contributed by atoms with van der Waals surface area (Å²) in [5.74, 6) is 0. The molecule has 19 heavy (non-hydrogen) atoms. The maximum absolute atomic E-state index is 4.53. The number of aliphatic imine (C=N–C) groups is 1. The van der Waals surface area contributed by atoms with Gasteiger partial charge in [0.25, 0.3) is 0 Å². The fourth-order valence-corrected chi connectivity index (χ4v) is 3.08. The lowest BCUT2D eigenvalue weighted by atomic mass is 10.2. The van der Waals surface area contributed by atoms with Crippen LogP contribution in [-0.2, 0) is 0 Å². The lowest BCUT2D eigenvalue weighted by Gasteiger charge is -1.98. The Hall–Kier alpha value is -1.39. The number of rotatable bonds is 2. The van der Waals surface area contributed by atoms with Crippen molar-refractivity contribution < 1.29 is 0 Å². The summed E-state index contributed by atoms with van der Waals surface area (Å²) in [4.78, 5) is 7.76. The SMILES string of the molecule is Brc1ccc(/N=C/c2c[nH]c3ccccc23)c(Br)c1. The zero-order chi connectivity index (χ0) is 13.2. The molecule has 0 fully saturated rings. The molecule has 0 spiro atoms. The van der Waals surface area contributed by atoms with E-state index < -0.39 is 0 Å². The van der Waals surface area contributed by atoms with Crippen molar-refractivity contribution in [2.75, 3.05) is 0 Å². The van der Waals surface area contributed by atoms with Crippen molar-refractivity contribution in [3.63, 3.8) is 0 Å². The van der Waals surface area contributed by atoms with Crippen LogP contribution in [0.15, 0.2) is 62.6 Å². The van der Waals surface area contributed by atoms with Gasteiger partial charge in [-0.1, -0.05) is 34.1 Å². The third-order valence-corrected chi connectivity index (χ3v) is 4.00. The molecule has 1 heterocycles. The second kappa shape index (κ2) is 5.31. The Bertz CT molecular complexity index is 760. The van der Waals surface area contributed by atoms with E-state index in [1.807, 2.05) is 42.7 Å². The molecule has 3 aromatic rings. The molecule has 0 atom stereocenters. The number of fused-ring (bicyclic) bond motifs is 1. The number of benzene rings is 2. The van der Waals surface area contributed by atoms with Crippen LogP contribution in [0.3, 0.4) is 0 Å². The number of nitrogens with zero attached hydrogens (tertiary/aromatic N) is 1. The zero-order valence-corrected chi connectivity index (χ0v) is 13.1. The quantitative estimate of drug-likeness (QED) is 0.575. The van der Waals surface area contributed by atoms with Crippen LogP contribution in [0.5, 0.6) is 0 Å². The summed E-state index contributed by atoms with van der Waals surface area (Å²) in [5, 5.41) is 1.18. The van der Waals surface area contributed by atoms with Crippen molar-refractivity contribution in [2.24, 2.45) is 4.99 Å². The monoisotopic (exact) mass is 376 g/mol. The third-order valence-electron chi connectivity index (χ3n) is 2.87. The minimum atomic E-state index is 0.911. The topological polar surface area (TPSA) is 28.1 Å². The van der Waals surface area contributed by atoms with Crippen LogP contribution < -0.4 is 0 Å². The normalized spacial score (nSPS) is 11.5. The first kappa shape index (κ1) is 12.6. The zero-order valence-electron chi connectivity index (χ0n) is 9.90. The highest BCUT2D eigenvalue weighted by molar-refractivity contribution is 9.11. The Labute approximate surface area is 127 Å². The summed E-state index contributed by atoms with van der Waals surface area (Å²) >= 11 is 6.94. The van der Waals surface area contributed by atoms with Gasteiger partial charge in [0.2, 0.25) is 0 Å². The molecule has 0 radical (unpaired) electrons. The van der Waals surface area contributed by atoms with Crippen molar-refractivity contribution >= 4 is 54.7 Å². The van der Waals surface area contributed by atoms with E-state index in [1.165, 1.54) is 5.39 Å². The number of hydrogen-bond acceptors (Lipinski definition) is 1. The summed E-state index contributed by atoms with van der Waals surface area (Å²) in [7, 11) is 0. The summed E-state index contributed by atoms with van der Waals surface area (Å²) in [5.41, 5.74) is 3.12. The van der Waals surface area contributed by atoms with E-state index in [0.717, 1.165) is 25.7 Å². The van der Waals surface area contributed by atoms with Crippen molar-refractivity contribution in [2.45, 2.75) is 0 Å². The van der Waals surface area contributed by atoms with Gasteiger partial charge in [0.15, 0.2) is 0 Å². The average Bonchev–Trinajstić information content (AvgIpc) is 2.81. The first-order valence-corrected chi connectivity index (χ1v) is 7.38. The fourth-order valence-electron chi connectivity index (χ4n) is 1.93. The lowest BCUT2D eigenvalue weighted by Crippen LogP contribution is -1.78. The first-order valence-electron chi connectivity index (χ1n) is 5.79. The molecule has 1 aromatic heterocycles. The van der Waals surface area contributed by atoms with Crippen molar-refractivity contribution in [1.29, 1.82) is 0 Å². The molecular weight excluding hydrogens is 368 g/mol. The van der Waals surface area contributed by atoms with Crippen LogP contribution in [0.4, 0.5) is 5.69 Å². The molecular formula is C15H10Br2N2. The molecule has 2 nitrogen and oxygen atoms in total. The van der Waals surface area contributed by atoms with E-state index in [4.69, 9.17) is 0 Å². The summed E-state index contributed by atoms with van der Waals surface area (Å²) in [6, 6.07) is 14.1. The summed E-state index contributed by atoms with van der Waals surface area (Å²) in [6.45, 7) is 0. The second-order valence-electron chi connectivity index (χ2n) is 4.14. The number of hydrogen-bond donors (Lipinski definition) is 1. The Balaban J connectivity index is 1.98. The number of aromatic nitrogens is 1. The van der Waals surface area contributed by atoms with E-state index in [9.17, 15) is 0 Å². The number of aromatic amines is 1. The average molecular weight is 378 g/mol. The van der Waals surface area contributed by atoms with Gasteiger partial charge in [-0.05, 0) is 40.2 Å². The Morgan fingerprint density at radius 3 is 2.74 bits per heavy atom. The molecule has 0 saturated carbocycles. The van der Waals surface area contributed by atoms with Gasteiger partial charge in [-0.3, -0.25) is 4.99 Å². The lowest BCUT2D eigenvalue weighted by molar-refractivity contribution is 1.46. The minimum Gasteiger partial charge on any atom is -0.361 e. The second-order valence-corrected chi connectivity index (χ2v) is 5.91. The van der Waals surface area contributed by atoms with Gasteiger partial charge in [0.05, 0.1) is 5.69 Å². The van der Waals surface area contributed by atoms with Gasteiger partial charge < -0.3 is 4.98 Å². The molecule has 0 aliphatic rings. The molecule has 0 aliphatic heterocycles. The molecule has 0 aliphatic carbocycles. The van der Waals surface area contributed by atoms with Crippen molar-refractivity contribution in [3.8, 4) is 0 Å². The number of halogens is 2. The van der Waals surface area contributed by atoms with Gasteiger partial charge in [-0.15, -0.1) is 0 Å². The van der Waals surface area contributed by atoms with Crippen LogP contribution in [0.25, 0.3) is 10.9 Å². The molecule has 4 heteroatoms. The first-order chi connectivity index (χ1) is 9.24. The maximum Gasteiger partial charge on any atom is 0.0772 e. The van der Waals surface area contributed by atoms with Crippen molar-refractivity contribution in [3.05, 3.63) is 63.2 Å². The summed E-state index contributed by atoms with van der Waals surface area (Å²) < 4.78 is 2.00. The highest BCUT2D eigenvalue weighted by Gasteiger charge is 2.01. The molecule has 0 unspecified atom stereocenters. The molecule has 0 bridgehead atoms. The Kier molecular flexibility index (Phi) is 3.53. The Morgan fingerprint density at radius 2 is 1.89 bits per heavy atom. The molecule has 0 saturated heterocycles. The van der Waals surface area contributed by atoms with E-state index in [-0.39, 0.29) is 0 Å². The fraction of sp³-hybridized carbons (Fsp3) is 0. The largest absolute Gasteiger partial charge is 0.361 e. The van der Waals surface area contributed by atoms with E-state index in [2.05, 4.69) is 54.0 Å². The number of para-hydroxylation sites is 1. The van der Waals surface area contributed by atoms with Gasteiger partial charge in [0.1, 0.15) is 0 Å². The van der Waals surface area contributed by atoms with E-state index >= 15 is 0 Å². The van der Waals surface area contributed by atoms with E-state index in [0.29, 0.717) is 0 Å². The van der Waals surface area contributed by atoms with Gasteiger partial charge in [-0.25, -0.2) is 0 Å². The van der Waals surface area contributed by atoms with Crippen LogP contribution in [0, 0.1) is 0 Å². The van der Waals surface area contributed by atoms with Gasteiger partial charge >= 0.3 is 0 Å². The van der Waals surface area contributed by atoms with Crippen LogP contribution in [-0.4, -0.2) is 11.2 Å². The molecule has 94 valence electrons. The molecule has 2 aromatic carbocycles. The molecule has 3 rings (SSSR count). The molecule has 0 amide bonds. The van der Waals surface area contributed by atoms with Gasteiger partial charge in [-0.2, -0.15) is 0 Å². The highest BCUT2D eigenvalue weighted by atomic mass is 79.9. The van der Waals surface area contributed by atoms with Crippen LogP contribution in [0.2, 0.25) is 0 Å². The minimum absolute atomic E-state index is 0.911. The van der Waals surface area contributed by atoms with E-state index in [1.54, 1.807) is 0 Å². The highest BCUT2D eigenvalue weighted by Crippen LogP contribution is 2.28. The Morgan fingerprint density at radius 1 is 1.05 bits per heavy atom. The molecule has 1 N–H and O–H groups in total. The smallest absolute Gasteiger partial charge is 0.0772 e. The van der Waals surface area contributed by atoms with Gasteiger partial charge in [0, 0.05) is 37.8 Å². The third kappa shape index (κ3) is 2.65. The van der Waals surface area contributed by atoms with Crippen LogP contribution in [0.1, 0.15) is 5.56 Å². The number of nitrogens with one attached hydrogen (secondary N) is 1. The predicted octanol–water partition coefficient (Wildman–Crippen LogP) is 5.44.